The molecule has 0 aromatic heterocycles. The Kier molecular flexibility index (Phi) is 6.71. The standard InChI is InChI=1S/C19H27F4NO2Si/c1-8-17(3,26-5)18(20,19(21,22)23)16(25)24(4)14-11-10-12-15(13-14)27(6,7)9-2/h9-13H,2,8H2,1,3-7H3. The zero-order valence-electron chi connectivity index (χ0n) is 16.6. The number of amides is 1. The summed E-state index contributed by atoms with van der Waals surface area (Å²) in [6, 6.07) is 6.55. The van der Waals surface area contributed by atoms with Gasteiger partial charge in [-0.25, -0.2) is 4.39 Å². The predicted molar refractivity (Wildman–Crippen MR) is 103 cm³/mol. The van der Waals surface area contributed by atoms with Crippen molar-refractivity contribution in [2.45, 2.75) is 50.8 Å². The van der Waals surface area contributed by atoms with Crippen LogP contribution < -0.4 is 10.1 Å². The van der Waals surface area contributed by atoms with E-state index in [0.29, 0.717) is 4.90 Å². The van der Waals surface area contributed by atoms with Gasteiger partial charge in [-0.1, -0.05) is 43.0 Å². The molecule has 0 aliphatic carbocycles. The van der Waals surface area contributed by atoms with Crippen molar-refractivity contribution in [3.05, 3.63) is 36.5 Å². The van der Waals surface area contributed by atoms with E-state index in [-0.39, 0.29) is 12.1 Å². The number of ether oxygens (including phenoxy) is 1. The van der Waals surface area contributed by atoms with Crippen LogP contribution in [0, 0.1) is 0 Å². The first-order chi connectivity index (χ1) is 12.2. The SMILES string of the molecule is C=C[Si](C)(C)c1cccc(N(C)C(=O)C(F)(C(F)(F)F)C(C)(CC)OC)c1. The van der Waals surface area contributed by atoms with Gasteiger partial charge in [0.15, 0.2) is 0 Å². The van der Waals surface area contributed by atoms with Gasteiger partial charge in [-0.05, 0) is 25.5 Å². The molecule has 27 heavy (non-hydrogen) atoms. The lowest BCUT2D eigenvalue weighted by Gasteiger charge is -2.42. The quantitative estimate of drug-likeness (QED) is 0.498. The molecular formula is C19H27F4NO2Si. The summed E-state index contributed by atoms with van der Waals surface area (Å²) in [4.78, 5) is 13.5. The first-order valence-corrected chi connectivity index (χ1v) is 11.6. The highest BCUT2D eigenvalue weighted by Crippen LogP contribution is 2.46. The van der Waals surface area contributed by atoms with E-state index < -0.39 is 31.4 Å². The molecule has 0 N–H and O–H groups in total. The van der Waals surface area contributed by atoms with Crippen LogP contribution in [-0.4, -0.2) is 45.6 Å². The molecule has 0 saturated heterocycles. The molecule has 0 fully saturated rings. The van der Waals surface area contributed by atoms with Crippen molar-refractivity contribution in [2.75, 3.05) is 19.1 Å². The number of benzene rings is 1. The maximum Gasteiger partial charge on any atom is 0.434 e. The molecule has 2 unspecified atom stereocenters. The second kappa shape index (κ2) is 7.75. The molecule has 0 aliphatic rings. The van der Waals surface area contributed by atoms with Gasteiger partial charge < -0.3 is 9.64 Å². The van der Waals surface area contributed by atoms with Gasteiger partial charge in [0.25, 0.3) is 5.91 Å². The highest BCUT2D eigenvalue weighted by atomic mass is 28.3. The Morgan fingerprint density at radius 3 is 2.26 bits per heavy atom. The molecule has 8 heteroatoms. The van der Waals surface area contributed by atoms with E-state index in [1.807, 2.05) is 24.9 Å². The van der Waals surface area contributed by atoms with Crippen molar-refractivity contribution in [2.24, 2.45) is 0 Å². The van der Waals surface area contributed by atoms with Gasteiger partial charge in [-0.15, -0.1) is 6.58 Å². The van der Waals surface area contributed by atoms with Crippen LogP contribution in [0.4, 0.5) is 23.2 Å². The molecule has 1 aromatic rings. The molecule has 2 atom stereocenters. The number of carbonyl (C=O) groups is 1. The third-order valence-electron chi connectivity index (χ3n) is 5.33. The van der Waals surface area contributed by atoms with Gasteiger partial charge in [0, 0.05) is 19.8 Å². The fourth-order valence-corrected chi connectivity index (χ4v) is 4.04. The Bertz CT molecular complexity index is 701. The maximum absolute atomic E-state index is 15.4. The Balaban J connectivity index is 3.49. The Labute approximate surface area is 159 Å². The number of alkyl halides is 4. The normalized spacial score (nSPS) is 17.0. The van der Waals surface area contributed by atoms with Crippen LogP contribution >= 0.6 is 0 Å². The molecule has 0 saturated carbocycles. The summed E-state index contributed by atoms with van der Waals surface area (Å²) in [5.41, 5.74) is -4.55. The fourth-order valence-electron chi connectivity index (χ4n) is 2.76. The van der Waals surface area contributed by atoms with E-state index >= 15 is 4.39 Å². The minimum absolute atomic E-state index is 0.181. The fraction of sp³-hybridized carbons (Fsp3) is 0.526. The minimum atomic E-state index is -5.44. The lowest BCUT2D eigenvalue weighted by Crippen LogP contribution is -2.67. The molecule has 3 nitrogen and oxygen atoms in total. The van der Waals surface area contributed by atoms with Crippen LogP contribution in [-0.2, 0) is 9.53 Å². The Morgan fingerprint density at radius 2 is 1.85 bits per heavy atom. The van der Waals surface area contributed by atoms with Crippen molar-refractivity contribution in [1.82, 2.24) is 0 Å². The van der Waals surface area contributed by atoms with Gasteiger partial charge in [-0.2, -0.15) is 13.2 Å². The van der Waals surface area contributed by atoms with Crippen LogP contribution in [0.5, 0.6) is 0 Å². The van der Waals surface area contributed by atoms with E-state index in [1.54, 1.807) is 12.1 Å². The summed E-state index contributed by atoms with van der Waals surface area (Å²) in [7, 11) is 0.0895. The number of hydrogen-bond acceptors (Lipinski definition) is 2. The number of carbonyl (C=O) groups excluding carboxylic acids is 1. The zero-order valence-corrected chi connectivity index (χ0v) is 17.6. The smallest absolute Gasteiger partial charge is 0.374 e. The van der Waals surface area contributed by atoms with Crippen LogP contribution in [0.3, 0.4) is 0 Å². The zero-order chi connectivity index (χ0) is 21.3. The van der Waals surface area contributed by atoms with E-state index in [1.165, 1.54) is 13.0 Å². The van der Waals surface area contributed by atoms with Gasteiger partial charge in [-0.3, -0.25) is 4.79 Å². The predicted octanol–water partition coefficient (Wildman–Crippen LogP) is 4.38. The molecule has 1 amide bonds. The van der Waals surface area contributed by atoms with Crippen LogP contribution in [0.25, 0.3) is 0 Å². The summed E-state index contributed by atoms with van der Waals surface area (Å²) in [5, 5.41) is 0.871. The average molecular weight is 406 g/mol. The summed E-state index contributed by atoms with van der Waals surface area (Å²) in [6.45, 7) is 10.1. The average Bonchev–Trinajstić information content (AvgIpc) is 2.64. The Morgan fingerprint density at radius 1 is 1.30 bits per heavy atom. The van der Waals surface area contributed by atoms with Crippen LogP contribution in [0.15, 0.2) is 36.5 Å². The highest BCUT2D eigenvalue weighted by molar-refractivity contribution is 6.93. The lowest BCUT2D eigenvalue weighted by atomic mass is 9.81. The van der Waals surface area contributed by atoms with E-state index in [4.69, 9.17) is 4.74 Å². The first kappa shape index (κ1) is 23.4. The molecule has 1 aromatic carbocycles. The number of methoxy groups -OCH3 is 1. The summed E-state index contributed by atoms with van der Waals surface area (Å²) < 4.78 is 61.4. The van der Waals surface area contributed by atoms with Crippen molar-refractivity contribution < 1.29 is 27.1 Å². The first-order valence-electron chi connectivity index (χ1n) is 8.55. The number of anilines is 1. The molecular weight excluding hydrogens is 378 g/mol. The molecule has 0 bridgehead atoms. The highest BCUT2D eigenvalue weighted by Gasteiger charge is 2.72. The van der Waals surface area contributed by atoms with Crippen molar-refractivity contribution in [3.63, 3.8) is 0 Å². The second-order valence-electron chi connectivity index (χ2n) is 7.29. The molecule has 0 spiro atoms. The lowest BCUT2D eigenvalue weighted by molar-refractivity contribution is -0.277. The van der Waals surface area contributed by atoms with Crippen LogP contribution in [0.2, 0.25) is 13.1 Å². The van der Waals surface area contributed by atoms with Gasteiger partial charge >= 0.3 is 11.8 Å². The van der Waals surface area contributed by atoms with Crippen molar-refractivity contribution >= 4 is 24.9 Å². The third kappa shape index (κ3) is 3.96. The summed E-state index contributed by atoms with van der Waals surface area (Å²) >= 11 is 0. The molecule has 0 heterocycles. The van der Waals surface area contributed by atoms with Gasteiger partial charge in [0.1, 0.15) is 13.7 Å². The summed E-state index contributed by atoms with van der Waals surface area (Å²) in [5.74, 6) is -1.71. The number of hydrogen-bond donors (Lipinski definition) is 0. The molecule has 152 valence electrons. The van der Waals surface area contributed by atoms with E-state index in [2.05, 4.69) is 6.58 Å². The maximum atomic E-state index is 15.4. The number of rotatable bonds is 7. The Hall–Kier alpha value is -1.67. The van der Waals surface area contributed by atoms with Gasteiger partial charge in [0.2, 0.25) is 0 Å². The van der Waals surface area contributed by atoms with Crippen LogP contribution in [0.1, 0.15) is 20.3 Å². The largest absolute Gasteiger partial charge is 0.434 e. The molecule has 1 rings (SSSR count). The van der Waals surface area contributed by atoms with Gasteiger partial charge in [0.05, 0.1) is 0 Å². The van der Waals surface area contributed by atoms with Crippen molar-refractivity contribution in [1.29, 1.82) is 0 Å². The monoisotopic (exact) mass is 405 g/mol. The molecule has 0 aliphatic heterocycles. The topological polar surface area (TPSA) is 29.5 Å². The summed E-state index contributed by atoms with van der Waals surface area (Å²) in [6.07, 6.45) is -5.78. The third-order valence-corrected chi connectivity index (χ3v) is 8.15. The second-order valence-corrected chi connectivity index (χ2v) is 11.7. The van der Waals surface area contributed by atoms with Crippen molar-refractivity contribution in [3.8, 4) is 0 Å². The molecule has 0 radical (unpaired) electrons. The number of nitrogens with zero attached hydrogens (tertiary/aromatic N) is 1. The minimum Gasteiger partial charge on any atom is -0.374 e. The van der Waals surface area contributed by atoms with E-state index in [0.717, 1.165) is 26.3 Å². The van der Waals surface area contributed by atoms with E-state index in [9.17, 15) is 18.0 Å². The number of halogens is 4.